The van der Waals surface area contributed by atoms with E-state index >= 15 is 0 Å². The molecule has 29 heavy (non-hydrogen) atoms. The second-order valence-corrected chi connectivity index (χ2v) is 7.09. The van der Waals surface area contributed by atoms with Crippen LogP contribution in [0.3, 0.4) is 0 Å². The molecule has 0 N–H and O–H groups in total. The van der Waals surface area contributed by atoms with Gasteiger partial charge in [0.2, 0.25) is 17.3 Å². The molecule has 0 amide bonds. The summed E-state index contributed by atoms with van der Waals surface area (Å²) >= 11 is 1.44. The summed E-state index contributed by atoms with van der Waals surface area (Å²) in [4.78, 5) is 27.9. The summed E-state index contributed by atoms with van der Waals surface area (Å²) in [6.07, 6.45) is 4.87. The van der Waals surface area contributed by atoms with Crippen LogP contribution in [-0.4, -0.2) is 32.4 Å². The van der Waals surface area contributed by atoms with Crippen LogP contribution in [0.2, 0.25) is 0 Å². The molecule has 1 aliphatic rings. The molecule has 0 bridgehead atoms. The van der Waals surface area contributed by atoms with Crippen LogP contribution in [0.1, 0.15) is 17.5 Å². The van der Waals surface area contributed by atoms with Gasteiger partial charge >= 0.3 is 0 Å². The van der Waals surface area contributed by atoms with Crippen LogP contribution in [0.15, 0.2) is 63.8 Å². The van der Waals surface area contributed by atoms with Crippen LogP contribution in [-0.2, 0) is 4.74 Å². The van der Waals surface area contributed by atoms with Gasteiger partial charge in [0.25, 0.3) is 0 Å². The highest BCUT2D eigenvalue weighted by molar-refractivity contribution is 7.17. The quantitative estimate of drug-likeness (QED) is 0.518. The van der Waals surface area contributed by atoms with Gasteiger partial charge in [0.1, 0.15) is 11.5 Å². The van der Waals surface area contributed by atoms with Gasteiger partial charge in [0.15, 0.2) is 11.2 Å². The molecule has 0 spiro atoms. The lowest BCUT2D eigenvalue weighted by Crippen LogP contribution is -2.09. The smallest absolute Gasteiger partial charge is 0.246 e. The summed E-state index contributed by atoms with van der Waals surface area (Å²) < 4.78 is 11.7. The Bertz CT molecular complexity index is 1350. The van der Waals surface area contributed by atoms with Crippen LogP contribution >= 0.6 is 11.3 Å². The molecule has 9 heteroatoms. The van der Waals surface area contributed by atoms with Crippen molar-refractivity contribution in [1.29, 1.82) is 0 Å². The minimum atomic E-state index is 0.412. The van der Waals surface area contributed by atoms with E-state index < -0.39 is 0 Å². The van der Waals surface area contributed by atoms with Crippen LogP contribution in [0.4, 0.5) is 5.69 Å². The number of ether oxygens (including phenoxy) is 1. The number of fused-ring (bicyclic) bond motifs is 2. The highest BCUT2D eigenvalue weighted by Gasteiger charge is 2.21. The first-order valence-electron chi connectivity index (χ1n) is 8.86. The molecule has 0 radical (unpaired) electrons. The molecule has 142 valence electrons. The molecule has 4 aromatic heterocycles. The molecular weight excluding hydrogens is 388 g/mol. The van der Waals surface area contributed by atoms with Gasteiger partial charge < -0.3 is 9.15 Å². The van der Waals surface area contributed by atoms with E-state index in [9.17, 15) is 0 Å². The number of aliphatic imine (C=N–C) groups is 1. The number of hydrogen-bond acceptors (Lipinski definition) is 9. The maximum Gasteiger partial charge on any atom is 0.246 e. The highest BCUT2D eigenvalue weighted by Crippen LogP contribution is 2.34. The zero-order valence-electron chi connectivity index (χ0n) is 15.4. The fourth-order valence-corrected chi connectivity index (χ4v) is 3.71. The Balaban J connectivity index is 1.59. The maximum atomic E-state index is 5.92. The average molecular weight is 402 g/mol. The van der Waals surface area contributed by atoms with E-state index in [0.29, 0.717) is 46.5 Å². The fraction of sp³-hybridized carbons (Fsp3) is 0.100. The third-order valence-electron chi connectivity index (χ3n) is 4.10. The van der Waals surface area contributed by atoms with Gasteiger partial charge in [0.05, 0.1) is 15.4 Å². The number of thiophene rings is 1. The van der Waals surface area contributed by atoms with E-state index in [1.54, 1.807) is 18.6 Å². The Kier molecular flexibility index (Phi) is 4.21. The average Bonchev–Trinajstić information content (AvgIpc) is 3.24. The summed E-state index contributed by atoms with van der Waals surface area (Å²) in [7, 11) is 0. The molecule has 0 atom stereocenters. The van der Waals surface area contributed by atoms with Crippen molar-refractivity contribution >= 4 is 39.8 Å². The molecule has 0 saturated heterocycles. The second kappa shape index (κ2) is 7.02. The molecule has 0 fully saturated rings. The van der Waals surface area contributed by atoms with Crippen LogP contribution < -0.4 is 5.55 Å². The van der Waals surface area contributed by atoms with Crippen molar-refractivity contribution in [2.75, 3.05) is 6.54 Å². The maximum absolute atomic E-state index is 5.92. The Morgan fingerprint density at radius 2 is 1.93 bits per heavy atom. The summed E-state index contributed by atoms with van der Waals surface area (Å²) in [5, 5.41) is 0. The molecule has 0 unspecified atom stereocenters. The Morgan fingerprint density at radius 3 is 2.83 bits per heavy atom. The second-order valence-electron chi connectivity index (χ2n) is 6.00. The van der Waals surface area contributed by atoms with Gasteiger partial charge in [-0.05, 0) is 31.2 Å². The van der Waals surface area contributed by atoms with Crippen LogP contribution in [0, 0.1) is 0 Å². The van der Waals surface area contributed by atoms with Crippen LogP contribution in [0.5, 0.6) is 0 Å². The Hall–Kier alpha value is -3.72. The lowest BCUT2D eigenvalue weighted by Gasteiger charge is -2.16. The van der Waals surface area contributed by atoms with Crippen molar-refractivity contribution in [3.63, 3.8) is 0 Å². The van der Waals surface area contributed by atoms with Crippen molar-refractivity contribution in [3.05, 3.63) is 65.6 Å². The topological polar surface area (TPSA) is 98.7 Å². The molecule has 0 aliphatic carbocycles. The molecule has 0 saturated carbocycles. The number of pyridine rings is 1. The van der Waals surface area contributed by atoms with Gasteiger partial charge in [-0.2, -0.15) is 4.98 Å². The first-order chi connectivity index (χ1) is 14.2. The van der Waals surface area contributed by atoms with Gasteiger partial charge in [-0.15, -0.1) is 11.3 Å². The van der Waals surface area contributed by atoms with Gasteiger partial charge in [-0.1, -0.05) is 6.58 Å². The van der Waals surface area contributed by atoms with E-state index in [1.807, 2.05) is 31.2 Å². The third-order valence-corrected chi connectivity index (χ3v) is 5.17. The summed E-state index contributed by atoms with van der Waals surface area (Å²) in [5.41, 5.74) is 2.80. The number of rotatable bonds is 3. The van der Waals surface area contributed by atoms with E-state index in [2.05, 4.69) is 36.5 Å². The Morgan fingerprint density at radius 1 is 1.07 bits per heavy atom. The Labute approximate surface area is 169 Å². The number of hydrogen-bond donors (Lipinski definition) is 0. The van der Waals surface area contributed by atoms with E-state index in [-0.39, 0.29) is 0 Å². The summed E-state index contributed by atoms with van der Waals surface area (Å²) in [6, 6.07) is 7.51. The van der Waals surface area contributed by atoms with E-state index in [0.717, 1.165) is 15.4 Å². The van der Waals surface area contributed by atoms with Crippen molar-refractivity contribution in [2.45, 2.75) is 6.92 Å². The SMILES string of the molecule is C=C1OC(c2ccc(-c3nc4nccnc4/c(=N/CC)o3)s2)=Nc2cccnc21. The summed E-state index contributed by atoms with van der Waals surface area (Å²) in [5.74, 6) is 1.35. The lowest BCUT2D eigenvalue weighted by atomic mass is 10.2. The van der Waals surface area contributed by atoms with Crippen molar-refractivity contribution in [1.82, 2.24) is 19.9 Å². The first-order valence-corrected chi connectivity index (χ1v) is 9.68. The molecule has 4 aromatic rings. The van der Waals surface area contributed by atoms with Crippen LogP contribution in [0.25, 0.3) is 27.7 Å². The van der Waals surface area contributed by atoms with Crippen molar-refractivity contribution < 1.29 is 9.15 Å². The number of aromatic nitrogens is 4. The minimum Gasteiger partial charge on any atom is -0.436 e. The van der Waals surface area contributed by atoms with Gasteiger partial charge in [0, 0.05) is 25.1 Å². The monoisotopic (exact) mass is 402 g/mol. The molecular formula is C20H14N6O2S. The lowest BCUT2D eigenvalue weighted by molar-refractivity contribution is 0.497. The van der Waals surface area contributed by atoms with Crippen molar-refractivity contribution in [3.8, 4) is 10.8 Å². The van der Waals surface area contributed by atoms with E-state index in [1.165, 1.54) is 11.3 Å². The van der Waals surface area contributed by atoms with E-state index in [4.69, 9.17) is 9.15 Å². The van der Waals surface area contributed by atoms with Gasteiger partial charge in [-0.25, -0.2) is 20.0 Å². The predicted molar refractivity (Wildman–Crippen MR) is 110 cm³/mol. The molecule has 0 aromatic carbocycles. The third kappa shape index (κ3) is 3.11. The first kappa shape index (κ1) is 17.4. The molecule has 8 nitrogen and oxygen atoms in total. The predicted octanol–water partition coefficient (Wildman–Crippen LogP) is 3.74. The minimum absolute atomic E-state index is 0.412. The van der Waals surface area contributed by atoms with Gasteiger partial charge in [-0.3, -0.25) is 4.98 Å². The van der Waals surface area contributed by atoms with Crippen molar-refractivity contribution in [2.24, 2.45) is 9.98 Å². The standard InChI is InChI=1S/C20H14N6O2S/c1-3-21-20-16-17(24-10-9-23-16)26-19(28-20)14-7-6-13(29-14)18-25-12-5-4-8-22-15(12)11(2)27-18/h4-10H,2-3H2,1H3/b21-20-. The largest absolute Gasteiger partial charge is 0.436 e. The normalized spacial score (nSPS) is 13.9. The molecule has 5 heterocycles. The molecule has 5 rings (SSSR count). The highest BCUT2D eigenvalue weighted by atomic mass is 32.1. The zero-order valence-corrected chi connectivity index (χ0v) is 16.2. The zero-order chi connectivity index (χ0) is 19.8. The summed E-state index contributed by atoms with van der Waals surface area (Å²) in [6.45, 7) is 6.44. The number of nitrogens with zero attached hydrogens (tertiary/aromatic N) is 6. The molecule has 1 aliphatic heterocycles. The fourth-order valence-electron chi connectivity index (χ4n) is 2.85.